The van der Waals surface area contributed by atoms with Crippen LogP contribution in [0, 0.1) is 5.82 Å². The first-order valence-electron chi connectivity index (χ1n) is 5.76. The van der Waals surface area contributed by atoms with E-state index >= 15 is 0 Å². The average Bonchev–Trinajstić information content (AvgIpc) is 2.40. The normalized spacial score (nSPS) is 12.4. The van der Waals surface area contributed by atoms with Crippen LogP contribution in [0.2, 0.25) is 5.02 Å². The molecule has 94 valence electrons. The molecule has 1 atom stereocenters. The van der Waals surface area contributed by atoms with Gasteiger partial charge in [0.25, 0.3) is 0 Å². The lowest BCUT2D eigenvalue weighted by Gasteiger charge is -2.15. The molecule has 0 amide bonds. The second-order valence-corrected chi connectivity index (χ2v) is 4.88. The van der Waals surface area contributed by atoms with Crippen LogP contribution in [0.1, 0.15) is 17.0 Å². The smallest absolute Gasteiger partial charge is 0.127 e. The largest absolute Gasteiger partial charge is 0.207 e. The molecule has 0 heterocycles. The van der Waals surface area contributed by atoms with Crippen molar-refractivity contribution >= 4 is 23.2 Å². The minimum absolute atomic E-state index is 0.0715. The molecule has 0 nitrogen and oxygen atoms in total. The molecule has 0 aliphatic rings. The van der Waals surface area contributed by atoms with E-state index in [4.69, 9.17) is 23.2 Å². The van der Waals surface area contributed by atoms with Gasteiger partial charge in [0, 0.05) is 22.4 Å². The molecule has 0 saturated heterocycles. The van der Waals surface area contributed by atoms with Gasteiger partial charge in [-0.25, -0.2) is 4.39 Å². The Morgan fingerprint density at radius 1 is 1.00 bits per heavy atom. The van der Waals surface area contributed by atoms with Gasteiger partial charge in [0.05, 0.1) is 0 Å². The van der Waals surface area contributed by atoms with Crippen LogP contribution < -0.4 is 0 Å². The van der Waals surface area contributed by atoms with E-state index in [0.29, 0.717) is 22.9 Å². The molecule has 0 fully saturated rings. The lowest BCUT2D eigenvalue weighted by atomic mass is 9.93. The van der Waals surface area contributed by atoms with E-state index in [1.165, 1.54) is 6.07 Å². The van der Waals surface area contributed by atoms with Gasteiger partial charge in [-0.15, -0.1) is 11.6 Å². The zero-order chi connectivity index (χ0) is 13.0. The van der Waals surface area contributed by atoms with Gasteiger partial charge in [-0.3, -0.25) is 0 Å². The van der Waals surface area contributed by atoms with Gasteiger partial charge in [-0.2, -0.15) is 0 Å². The van der Waals surface area contributed by atoms with E-state index in [2.05, 4.69) is 0 Å². The zero-order valence-electron chi connectivity index (χ0n) is 9.74. The van der Waals surface area contributed by atoms with Crippen molar-refractivity contribution in [2.75, 3.05) is 5.88 Å². The summed E-state index contributed by atoms with van der Waals surface area (Å²) in [6.07, 6.45) is 0.513. The molecule has 0 aliphatic heterocycles. The Bertz CT molecular complexity index is 491. The number of benzene rings is 2. The molecule has 1 unspecified atom stereocenters. The fraction of sp³-hybridized carbons (Fsp3) is 0.200. The summed E-state index contributed by atoms with van der Waals surface area (Å²) in [5.41, 5.74) is 1.64. The Kier molecular flexibility index (Phi) is 4.62. The SMILES string of the molecule is Fc1cccc(Cl)c1CC(CCl)c1ccccc1. The number of halogens is 3. The Morgan fingerprint density at radius 2 is 1.72 bits per heavy atom. The quantitative estimate of drug-likeness (QED) is 0.689. The van der Waals surface area contributed by atoms with Crippen molar-refractivity contribution in [2.24, 2.45) is 0 Å². The monoisotopic (exact) mass is 282 g/mol. The Labute approximate surface area is 116 Å². The van der Waals surface area contributed by atoms with Gasteiger partial charge in [0.2, 0.25) is 0 Å². The molecule has 0 radical (unpaired) electrons. The van der Waals surface area contributed by atoms with Crippen molar-refractivity contribution in [3.8, 4) is 0 Å². The Hall–Kier alpha value is -1.05. The van der Waals surface area contributed by atoms with E-state index in [1.807, 2.05) is 30.3 Å². The summed E-state index contributed by atoms with van der Waals surface area (Å²) in [7, 11) is 0. The van der Waals surface area contributed by atoms with Gasteiger partial charge in [0.1, 0.15) is 5.82 Å². The summed E-state index contributed by atoms with van der Waals surface area (Å²) in [6.45, 7) is 0. The lowest BCUT2D eigenvalue weighted by molar-refractivity contribution is 0.598. The fourth-order valence-electron chi connectivity index (χ4n) is 1.96. The van der Waals surface area contributed by atoms with Gasteiger partial charge in [-0.05, 0) is 24.1 Å². The summed E-state index contributed by atoms with van der Waals surface area (Å²) < 4.78 is 13.7. The highest BCUT2D eigenvalue weighted by atomic mass is 35.5. The highest BCUT2D eigenvalue weighted by molar-refractivity contribution is 6.31. The Balaban J connectivity index is 2.26. The highest BCUT2D eigenvalue weighted by Crippen LogP contribution is 2.27. The second-order valence-electron chi connectivity index (χ2n) is 4.17. The molecule has 2 aromatic carbocycles. The minimum atomic E-state index is -0.270. The van der Waals surface area contributed by atoms with E-state index in [0.717, 1.165) is 5.56 Å². The molecule has 2 rings (SSSR count). The van der Waals surface area contributed by atoms with Crippen molar-refractivity contribution in [2.45, 2.75) is 12.3 Å². The molecule has 0 aliphatic carbocycles. The summed E-state index contributed by atoms with van der Waals surface area (Å²) in [5, 5.41) is 0.459. The van der Waals surface area contributed by atoms with Gasteiger partial charge in [0.15, 0.2) is 0 Å². The first-order valence-corrected chi connectivity index (χ1v) is 6.67. The van der Waals surface area contributed by atoms with Crippen molar-refractivity contribution in [3.63, 3.8) is 0 Å². The van der Waals surface area contributed by atoms with Gasteiger partial charge >= 0.3 is 0 Å². The summed E-state index contributed by atoms with van der Waals surface area (Å²) in [6, 6.07) is 14.6. The lowest BCUT2D eigenvalue weighted by Crippen LogP contribution is -2.06. The molecule has 18 heavy (non-hydrogen) atoms. The molecule has 0 aromatic heterocycles. The third-order valence-corrected chi connectivity index (χ3v) is 3.70. The maximum atomic E-state index is 13.7. The maximum Gasteiger partial charge on any atom is 0.127 e. The van der Waals surface area contributed by atoms with Crippen LogP contribution in [0.4, 0.5) is 4.39 Å². The van der Waals surface area contributed by atoms with Crippen LogP contribution in [0.25, 0.3) is 0 Å². The van der Waals surface area contributed by atoms with E-state index < -0.39 is 0 Å². The van der Waals surface area contributed by atoms with Crippen LogP contribution in [0.15, 0.2) is 48.5 Å². The summed E-state index contributed by atoms with van der Waals surface area (Å²) >= 11 is 12.0. The molecule has 0 saturated carbocycles. The first kappa shape index (κ1) is 13.4. The predicted octanol–water partition coefficient (Wildman–Crippen LogP) is 5.04. The predicted molar refractivity (Wildman–Crippen MR) is 75.0 cm³/mol. The van der Waals surface area contributed by atoms with Crippen LogP contribution in [-0.2, 0) is 6.42 Å². The standard InChI is InChI=1S/C15H13Cl2F/c16-10-12(11-5-2-1-3-6-11)9-13-14(17)7-4-8-15(13)18/h1-8,12H,9-10H2. The fourth-order valence-corrected chi connectivity index (χ4v) is 2.49. The molecule has 0 bridgehead atoms. The van der Waals surface area contributed by atoms with Gasteiger partial charge < -0.3 is 0 Å². The topological polar surface area (TPSA) is 0 Å². The van der Waals surface area contributed by atoms with Gasteiger partial charge in [-0.1, -0.05) is 48.0 Å². The number of hydrogen-bond donors (Lipinski definition) is 0. The molecule has 0 spiro atoms. The molecular weight excluding hydrogens is 270 g/mol. The minimum Gasteiger partial charge on any atom is -0.207 e. The highest BCUT2D eigenvalue weighted by Gasteiger charge is 2.15. The van der Waals surface area contributed by atoms with Crippen molar-refractivity contribution in [1.82, 2.24) is 0 Å². The van der Waals surface area contributed by atoms with E-state index in [9.17, 15) is 4.39 Å². The molecule has 3 heteroatoms. The third-order valence-electron chi connectivity index (χ3n) is 2.97. The zero-order valence-corrected chi connectivity index (χ0v) is 11.3. The van der Waals surface area contributed by atoms with Crippen molar-refractivity contribution in [1.29, 1.82) is 0 Å². The van der Waals surface area contributed by atoms with Crippen molar-refractivity contribution < 1.29 is 4.39 Å². The first-order chi connectivity index (χ1) is 8.72. The van der Waals surface area contributed by atoms with E-state index in [1.54, 1.807) is 12.1 Å². The molecule has 2 aromatic rings. The van der Waals surface area contributed by atoms with Crippen LogP contribution in [0.5, 0.6) is 0 Å². The third kappa shape index (κ3) is 3.04. The maximum absolute atomic E-state index is 13.7. The Morgan fingerprint density at radius 3 is 2.33 bits per heavy atom. The average molecular weight is 283 g/mol. The molecular formula is C15H13Cl2F. The van der Waals surface area contributed by atoms with Crippen molar-refractivity contribution in [3.05, 3.63) is 70.5 Å². The van der Waals surface area contributed by atoms with Crippen LogP contribution in [0.3, 0.4) is 0 Å². The van der Waals surface area contributed by atoms with Crippen LogP contribution >= 0.6 is 23.2 Å². The second kappa shape index (κ2) is 6.21. The molecule has 0 N–H and O–H groups in total. The number of rotatable bonds is 4. The number of hydrogen-bond acceptors (Lipinski definition) is 0. The summed E-state index contributed by atoms with van der Waals surface area (Å²) in [5.74, 6) is 0.241. The summed E-state index contributed by atoms with van der Waals surface area (Å²) in [4.78, 5) is 0. The van der Waals surface area contributed by atoms with Crippen LogP contribution in [-0.4, -0.2) is 5.88 Å². The van der Waals surface area contributed by atoms with E-state index in [-0.39, 0.29) is 11.7 Å². The number of alkyl halides is 1.